The van der Waals surface area contributed by atoms with E-state index in [1.54, 1.807) is 31.2 Å². The molecule has 0 radical (unpaired) electrons. The number of nitrogens with two attached hydrogens (primary N) is 1. The Morgan fingerprint density at radius 1 is 1.27 bits per heavy atom. The van der Waals surface area contributed by atoms with E-state index in [4.69, 9.17) is 10.3 Å². The molecule has 1 aromatic carbocycles. The quantitative estimate of drug-likeness (QED) is 0.508. The van der Waals surface area contributed by atoms with Crippen LogP contribution in [0.3, 0.4) is 0 Å². The number of carbonyl (C=O) groups excluding carboxylic acids is 1. The molecule has 0 spiro atoms. The van der Waals surface area contributed by atoms with E-state index in [1.165, 1.54) is 34.8 Å². The van der Waals surface area contributed by atoms with Crippen LogP contribution < -0.4 is 11.2 Å². The summed E-state index contributed by atoms with van der Waals surface area (Å²) in [6, 6.07) is 9.22. The molecule has 2 unspecified atom stereocenters. The lowest BCUT2D eigenvalue weighted by molar-refractivity contribution is -0.120. The number of furan rings is 1. The van der Waals surface area contributed by atoms with Gasteiger partial charge in [0.1, 0.15) is 5.82 Å². The minimum absolute atomic E-state index is 0.186. The standard InChI is InChI=1S/C17H18FN5O2S/c1-10(12-5-7-13(18)8-6-12)20-16(24)11(2)26-17-22-21-15(23(17)19)14-4-3-9-25-14/h3-11H,19H2,1-2H3,(H,20,24). The highest BCUT2D eigenvalue weighted by molar-refractivity contribution is 8.00. The summed E-state index contributed by atoms with van der Waals surface area (Å²) in [5, 5.41) is 10.8. The van der Waals surface area contributed by atoms with Gasteiger partial charge in [-0.25, -0.2) is 9.07 Å². The van der Waals surface area contributed by atoms with Crippen LogP contribution in [0, 0.1) is 5.82 Å². The van der Waals surface area contributed by atoms with E-state index in [-0.39, 0.29) is 17.8 Å². The number of thioether (sulfide) groups is 1. The molecule has 136 valence electrons. The fourth-order valence-electron chi connectivity index (χ4n) is 2.31. The van der Waals surface area contributed by atoms with Crippen LogP contribution in [-0.2, 0) is 4.79 Å². The Morgan fingerprint density at radius 3 is 2.65 bits per heavy atom. The summed E-state index contributed by atoms with van der Waals surface area (Å²) in [4.78, 5) is 12.4. The van der Waals surface area contributed by atoms with Gasteiger partial charge >= 0.3 is 0 Å². The Morgan fingerprint density at radius 2 is 2.00 bits per heavy atom. The van der Waals surface area contributed by atoms with Crippen LogP contribution in [0.15, 0.2) is 52.2 Å². The molecule has 0 saturated heterocycles. The molecule has 0 saturated carbocycles. The number of amides is 1. The Bertz CT molecular complexity index is 879. The molecule has 7 nitrogen and oxygen atoms in total. The van der Waals surface area contributed by atoms with Gasteiger partial charge in [0, 0.05) is 0 Å². The Kier molecular flexibility index (Phi) is 5.27. The lowest BCUT2D eigenvalue weighted by Gasteiger charge is -2.17. The highest BCUT2D eigenvalue weighted by Gasteiger charge is 2.22. The fraction of sp³-hybridized carbons (Fsp3) is 0.235. The first-order chi connectivity index (χ1) is 12.5. The van der Waals surface area contributed by atoms with E-state index in [1.807, 2.05) is 6.92 Å². The first-order valence-corrected chi connectivity index (χ1v) is 8.80. The van der Waals surface area contributed by atoms with Crippen molar-refractivity contribution in [2.45, 2.75) is 30.3 Å². The fourth-order valence-corrected chi connectivity index (χ4v) is 3.09. The predicted molar refractivity (Wildman–Crippen MR) is 96.2 cm³/mol. The summed E-state index contributed by atoms with van der Waals surface area (Å²) in [6.45, 7) is 3.58. The van der Waals surface area contributed by atoms with E-state index in [2.05, 4.69) is 15.5 Å². The molecule has 9 heteroatoms. The van der Waals surface area contributed by atoms with Gasteiger partial charge in [-0.05, 0) is 43.7 Å². The van der Waals surface area contributed by atoms with Crippen molar-refractivity contribution < 1.29 is 13.6 Å². The molecule has 26 heavy (non-hydrogen) atoms. The van der Waals surface area contributed by atoms with E-state index in [0.29, 0.717) is 16.7 Å². The normalized spacial score (nSPS) is 13.3. The lowest BCUT2D eigenvalue weighted by Crippen LogP contribution is -2.33. The molecule has 3 rings (SSSR count). The van der Waals surface area contributed by atoms with Gasteiger partial charge in [-0.15, -0.1) is 10.2 Å². The predicted octanol–water partition coefficient (Wildman–Crippen LogP) is 2.75. The molecule has 2 atom stereocenters. The van der Waals surface area contributed by atoms with Gasteiger partial charge in [0.2, 0.25) is 16.9 Å². The Labute approximate surface area is 153 Å². The topological polar surface area (TPSA) is 99.0 Å². The maximum atomic E-state index is 13.0. The van der Waals surface area contributed by atoms with Crippen LogP contribution >= 0.6 is 11.8 Å². The van der Waals surface area contributed by atoms with Crippen LogP contribution in [0.25, 0.3) is 11.6 Å². The van der Waals surface area contributed by atoms with E-state index >= 15 is 0 Å². The van der Waals surface area contributed by atoms with Crippen molar-refractivity contribution in [3.05, 3.63) is 54.0 Å². The Balaban J connectivity index is 1.63. The van der Waals surface area contributed by atoms with Crippen molar-refractivity contribution in [1.82, 2.24) is 20.2 Å². The average molecular weight is 375 g/mol. The number of hydrogen-bond donors (Lipinski definition) is 2. The van der Waals surface area contributed by atoms with Crippen LogP contribution in [-0.4, -0.2) is 26.0 Å². The zero-order valence-corrected chi connectivity index (χ0v) is 15.0. The molecular weight excluding hydrogens is 357 g/mol. The summed E-state index contributed by atoms with van der Waals surface area (Å²) < 4.78 is 19.5. The van der Waals surface area contributed by atoms with Crippen molar-refractivity contribution in [1.29, 1.82) is 0 Å². The Hall–Kier alpha value is -2.81. The SMILES string of the molecule is CC(Sc1nnc(-c2ccco2)n1N)C(=O)NC(C)c1ccc(F)cc1. The summed E-state index contributed by atoms with van der Waals surface area (Å²) in [7, 11) is 0. The smallest absolute Gasteiger partial charge is 0.233 e. The number of rotatable bonds is 6. The summed E-state index contributed by atoms with van der Waals surface area (Å²) in [5.74, 6) is 6.37. The highest BCUT2D eigenvalue weighted by Crippen LogP contribution is 2.25. The monoisotopic (exact) mass is 375 g/mol. The molecular formula is C17H18FN5O2S. The second-order valence-corrected chi connectivity index (χ2v) is 7.00. The molecule has 3 N–H and O–H groups in total. The minimum atomic E-state index is -0.450. The largest absolute Gasteiger partial charge is 0.461 e. The third-order valence-electron chi connectivity index (χ3n) is 3.79. The van der Waals surface area contributed by atoms with Crippen molar-refractivity contribution in [2.75, 3.05) is 5.84 Å². The molecule has 1 amide bonds. The van der Waals surface area contributed by atoms with Crippen LogP contribution in [0.1, 0.15) is 25.5 Å². The number of aromatic nitrogens is 3. The van der Waals surface area contributed by atoms with Gasteiger partial charge < -0.3 is 15.6 Å². The van der Waals surface area contributed by atoms with Gasteiger partial charge in [-0.1, -0.05) is 23.9 Å². The number of benzene rings is 1. The summed E-state index contributed by atoms with van der Waals surface area (Å²) in [6.07, 6.45) is 1.52. The number of nitrogens with zero attached hydrogens (tertiary/aromatic N) is 3. The highest BCUT2D eigenvalue weighted by atomic mass is 32.2. The summed E-state index contributed by atoms with van der Waals surface area (Å²) in [5.41, 5.74) is 0.819. The second-order valence-electron chi connectivity index (χ2n) is 5.70. The van der Waals surface area contributed by atoms with Crippen molar-refractivity contribution in [3.8, 4) is 11.6 Å². The maximum Gasteiger partial charge on any atom is 0.233 e. The molecule has 0 aliphatic heterocycles. The number of nitrogens with one attached hydrogen (secondary N) is 1. The molecule has 0 aliphatic rings. The third-order valence-corrected chi connectivity index (χ3v) is 4.84. The minimum Gasteiger partial charge on any atom is -0.461 e. The first-order valence-electron chi connectivity index (χ1n) is 7.92. The van der Waals surface area contributed by atoms with E-state index in [9.17, 15) is 9.18 Å². The first kappa shape index (κ1) is 18.0. The molecule has 2 aromatic heterocycles. The van der Waals surface area contributed by atoms with E-state index in [0.717, 1.165) is 5.56 Å². The molecule has 0 fully saturated rings. The molecule has 0 bridgehead atoms. The van der Waals surface area contributed by atoms with E-state index < -0.39 is 5.25 Å². The molecule has 2 heterocycles. The number of hydrogen-bond acceptors (Lipinski definition) is 6. The van der Waals surface area contributed by atoms with Crippen LogP contribution in [0.5, 0.6) is 0 Å². The number of halogens is 1. The number of nitrogen functional groups attached to an aromatic ring is 1. The molecule has 0 aliphatic carbocycles. The van der Waals surface area contributed by atoms with Gasteiger partial charge in [0.25, 0.3) is 0 Å². The zero-order valence-electron chi connectivity index (χ0n) is 14.2. The van der Waals surface area contributed by atoms with Crippen molar-refractivity contribution in [2.24, 2.45) is 0 Å². The lowest BCUT2D eigenvalue weighted by atomic mass is 10.1. The van der Waals surface area contributed by atoms with Gasteiger partial charge in [0.15, 0.2) is 5.76 Å². The maximum absolute atomic E-state index is 13.0. The third kappa shape index (κ3) is 3.88. The van der Waals surface area contributed by atoms with Crippen LogP contribution in [0.4, 0.5) is 4.39 Å². The molecule has 3 aromatic rings. The zero-order chi connectivity index (χ0) is 18.7. The van der Waals surface area contributed by atoms with Crippen molar-refractivity contribution in [3.63, 3.8) is 0 Å². The average Bonchev–Trinajstić information content (AvgIpc) is 3.26. The number of carbonyl (C=O) groups is 1. The van der Waals surface area contributed by atoms with Gasteiger partial charge in [0.05, 0.1) is 17.6 Å². The summed E-state index contributed by atoms with van der Waals surface area (Å²) >= 11 is 1.19. The van der Waals surface area contributed by atoms with Gasteiger partial charge in [-0.3, -0.25) is 4.79 Å². The van der Waals surface area contributed by atoms with Crippen LogP contribution in [0.2, 0.25) is 0 Å². The van der Waals surface area contributed by atoms with Gasteiger partial charge in [-0.2, -0.15) is 0 Å². The van der Waals surface area contributed by atoms with Crippen molar-refractivity contribution >= 4 is 17.7 Å². The second kappa shape index (κ2) is 7.61.